The molecule has 1 N–H and O–H groups in total. The van der Waals surface area contributed by atoms with Gasteiger partial charge in [-0.3, -0.25) is 4.79 Å². The van der Waals surface area contributed by atoms with Crippen molar-refractivity contribution in [1.29, 1.82) is 0 Å². The monoisotopic (exact) mass is 370 g/mol. The van der Waals surface area contributed by atoms with Crippen LogP contribution < -0.4 is 10.1 Å². The Morgan fingerprint density at radius 2 is 2.04 bits per heavy atom. The van der Waals surface area contributed by atoms with E-state index in [0.29, 0.717) is 18.0 Å². The molecule has 1 aliphatic carbocycles. The van der Waals surface area contributed by atoms with E-state index in [1.807, 2.05) is 31.2 Å². The van der Waals surface area contributed by atoms with Crippen LogP contribution in [0.15, 0.2) is 41.1 Å². The predicted molar refractivity (Wildman–Crippen MR) is 104 cm³/mol. The van der Waals surface area contributed by atoms with Crippen LogP contribution in [0.25, 0.3) is 0 Å². The molecule has 2 aliphatic rings. The van der Waals surface area contributed by atoms with Gasteiger partial charge in [0.2, 0.25) is 0 Å². The zero-order chi connectivity index (χ0) is 18.0. The van der Waals surface area contributed by atoms with E-state index in [2.05, 4.69) is 27.0 Å². The SMILES string of the molecule is Cc1ccc(OCC(=O)N(Cc2ccsc2)C2CC23CCNCC3)cc1. The highest BCUT2D eigenvalue weighted by Gasteiger charge is 2.57. The van der Waals surface area contributed by atoms with E-state index in [0.717, 1.165) is 25.3 Å². The maximum absolute atomic E-state index is 13.0. The molecule has 2 aromatic rings. The Hall–Kier alpha value is -1.85. The first-order valence-electron chi connectivity index (χ1n) is 9.37. The lowest BCUT2D eigenvalue weighted by atomic mass is 9.93. The Bertz CT molecular complexity index is 736. The van der Waals surface area contributed by atoms with E-state index in [1.165, 1.54) is 24.0 Å². The van der Waals surface area contributed by atoms with E-state index in [1.54, 1.807) is 11.3 Å². The third kappa shape index (κ3) is 3.79. The summed E-state index contributed by atoms with van der Waals surface area (Å²) in [5.41, 5.74) is 2.74. The summed E-state index contributed by atoms with van der Waals surface area (Å²) in [6, 6.07) is 10.3. The number of carbonyl (C=O) groups is 1. The van der Waals surface area contributed by atoms with Crippen LogP contribution in [0.3, 0.4) is 0 Å². The number of rotatable bonds is 6. The van der Waals surface area contributed by atoms with E-state index >= 15 is 0 Å². The van der Waals surface area contributed by atoms with Crippen molar-refractivity contribution in [3.05, 3.63) is 52.2 Å². The number of amides is 1. The highest BCUT2D eigenvalue weighted by atomic mass is 32.1. The number of thiophene rings is 1. The molecule has 1 aromatic heterocycles. The number of ether oxygens (including phenoxy) is 1. The van der Waals surface area contributed by atoms with Gasteiger partial charge in [-0.1, -0.05) is 17.7 Å². The number of benzene rings is 1. The minimum absolute atomic E-state index is 0.0946. The van der Waals surface area contributed by atoms with Crippen LogP contribution in [-0.2, 0) is 11.3 Å². The van der Waals surface area contributed by atoms with E-state index in [-0.39, 0.29) is 12.5 Å². The lowest BCUT2D eigenvalue weighted by molar-refractivity contribution is -0.135. The standard InChI is InChI=1S/C21H26N2O2S/c1-16-2-4-18(5-3-16)25-14-20(24)23(13-17-6-11-26-15-17)19-12-21(19)7-9-22-10-8-21/h2-6,11,15,19,22H,7-10,12-14H2,1H3. The first-order chi connectivity index (χ1) is 12.7. The van der Waals surface area contributed by atoms with Gasteiger partial charge in [-0.05, 0) is 79.2 Å². The van der Waals surface area contributed by atoms with Crippen molar-refractivity contribution in [3.8, 4) is 5.75 Å². The van der Waals surface area contributed by atoms with Gasteiger partial charge >= 0.3 is 0 Å². The summed E-state index contributed by atoms with van der Waals surface area (Å²) >= 11 is 1.68. The number of hydrogen-bond donors (Lipinski definition) is 1. The average Bonchev–Trinajstić information content (AvgIpc) is 3.08. The van der Waals surface area contributed by atoms with Crippen molar-refractivity contribution < 1.29 is 9.53 Å². The lowest BCUT2D eigenvalue weighted by Gasteiger charge is -2.29. The molecule has 1 amide bonds. The zero-order valence-corrected chi connectivity index (χ0v) is 16.1. The minimum Gasteiger partial charge on any atom is -0.484 e. The molecule has 4 nitrogen and oxygen atoms in total. The van der Waals surface area contributed by atoms with Gasteiger partial charge in [-0.15, -0.1) is 0 Å². The molecule has 1 spiro atoms. The largest absolute Gasteiger partial charge is 0.484 e. The smallest absolute Gasteiger partial charge is 0.261 e. The van der Waals surface area contributed by atoms with Gasteiger partial charge in [-0.2, -0.15) is 11.3 Å². The van der Waals surface area contributed by atoms with E-state index in [4.69, 9.17) is 4.74 Å². The van der Waals surface area contributed by atoms with E-state index < -0.39 is 0 Å². The summed E-state index contributed by atoms with van der Waals surface area (Å²) < 4.78 is 5.78. The number of hydrogen-bond acceptors (Lipinski definition) is 4. The first-order valence-corrected chi connectivity index (χ1v) is 10.3. The number of nitrogens with one attached hydrogen (secondary N) is 1. The van der Waals surface area contributed by atoms with Gasteiger partial charge in [-0.25, -0.2) is 0 Å². The van der Waals surface area contributed by atoms with Gasteiger partial charge in [0.15, 0.2) is 6.61 Å². The van der Waals surface area contributed by atoms with Crippen LogP contribution in [0.2, 0.25) is 0 Å². The fourth-order valence-electron chi connectivity index (χ4n) is 4.04. The number of piperidine rings is 1. The van der Waals surface area contributed by atoms with E-state index in [9.17, 15) is 4.79 Å². The molecule has 1 aromatic carbocycles. The Labute approximate surface area is 159 Å². The van der Waals surface area contributed by atoms with Crippen LogP contribution in [0, 0.1) is 12.3 Å². The third-order valence-corrected chi connectivity index (χ3v) is 6.49. The number of nitrogens with zero attached hydrogens (tertiary/aromatic N) is 1. The molecule has 4 rings (SSSR count). The van der Waals surface area contributed by atoms with Crippen molar-refractivity contribution in [2.24, 2.45) is 5.41 Å². The molecule has 1 saturated carbocycles. The van der Waals surface area contributed by atoms with Crippen LogP contribution in [-0.4, -0.2) is 36.5 Å². The van der Waals surface area contributed by atoms with Crippen molar-refractivity contribution in [1.82, 2.24) is 10.2 Å². The molecular weight excluding hydrogens is 344 g/mol. The molecule has 1 unspecified atom stereocenters. The molecule has 26 heavy (non-hydrogen) atoms. The summed E-state index contributed by atoms with van der Waals surface area (Å²) in [6.07, 6.45) is 3.48. The second kappa shape index (κ2) is 7.41. The van der Waals surface area contributed by atoms with Crippen molar-refractivity contribution in [2.45, 2.75) is 38.8 Å². The third-order valence-electron chi connectivity index (χ3n) is 5.76. The molecule has 1 saturated heterocycles. The van der Waals surface area contributed by atoms with Crippen molar-refractivity contribution in [2.75, 3.05) is 19.7 Å². The molecule has 2 heterocycles. The van der Waals surface area contributed by atoms with Gasteiger partial charge in [0.25, 0.3) is 5.91 Å². The Morgan fingerprint density at radius 3 is 2.73 bits per heavy atom. The minimum atomic E-state index is 0.0946. The topological polar surface area (TPSA) is 41.6 Å². The fourth-order valence-corrected chi connectivity index (χ4v) is 4.70. The maximum atomic E-state index is 13.0. The molecule has 138 valence electrons. The maximum Gasteiger partial charge on any atom is 0.261 e. The summed E-state index contributed by atoms with van der Waals surface area (Å²) in [7, 11) is 0. The quantitative estimate of drug-likeness (QED) is 0.845. The number of aryl methyl sites for hydroxylation is 1. The summed E-state index contributed by atoms with van der Waals surface area (Å²) in [6.45, 7) is 4.98. The fraction of sp³-hybridized carbons (Fsp3) is 0.476. The second-order valence-corrected chi connectivity index (χ2v) is 8.37. The molecule has 0 bridgehead atoms. The van der Waals surface area contributed by atoms with Crippen LogP contribution >= 0.6 is 11.3 Å². The van der Waals surface area contributed by atoms with Crippen LogP contribution in [0.4, 0.5) is 0 Å². The Kier molecular flexibility index (Phi) is 5.00. The Morgan fingerprint density at radius 1 is 1.27 bits per heavy atom. The molecule has 2 fully saturated rings. The molecule has 1 atom stereocenters. The zero-order valence-electron chi connectivity index (χ0n) is 15.2. The average molecular weight is 371 g/mol. The van der Waals surface area contributed by atoms with Gasteiger partial charge in [0.05, 0.1) is 0 Å². The highest BCUT2D eigenvalue weighted by molar-refractivity contribution is 7.07. The van der Waals surface area contributed by atoms with Crippen LogP contribution in [0.5, 0.6) is 5.75 Å². The summed E-state index contributed by atoms with van der Waals surface area (Å²) in [5.74, 6) is 0.851. The van der Waals surface area contributed by atoms with Gasteiger partial charge in [0.1, 0.15) is 5.75 Å². The van der Waals surface area contributed by atoms with Crippen molar-refractivity contribution >= 4 is 17.2 Å². The van der Waals surface area contributed by atoms with Gasteiger partial charge in [0, 0.05) is 12.6 Å². The van der Waals surface area contributed by atoms with Crippen molar-refractivity contribution in [3.63, 3.8) is 0 Å². The summed E-state index contributed by atoms with van der Waals surface area (Å²) in [5, 5.41) is 7.65. The number of carbonyl (C=O) groups excluding carboxylic acids is 1. The van der Waals surface area contributed by atoms with Gasteiger partial charge < -0.3 is 15.0 Å². The Balaban J connectivity index is 1.43. The molecule has 5 heteroatoms. The normalized spacial score (nSPS) is 20.7. The predicted octanol–water partition coefficient (Wildman–Crippen LogP) is 3.61. The van der Waals surface area contributed by atoms with Crippen LogP contribution in [0.1, 0.15) is 30.4 Å². The first kappa shape index (κ1) is 17.6. The lowest BCUT2D eigenvalue weighted by Crippen LogP contribution is -2.41. The summed E-state index contributed by atoms with van der Waals surface area (Å²) in [4.78, 5) is 15.1. The second-order valence-electron chi connectivity index (χ2n) is 7.59. The highest BCUT2D eigenvalue weighted by Crippen LogP contribution is 2.56. The molecular formula is C21H26N2O2S. The molecule has 1 aliphatic heterocycles. The molecule has 0 radical (unpaired) electrons.